The Morgan fingerprint density at radius 3 is 1.92 bits per heavy atom. The number of rotatable bonds is 11. The first-order valence-corrected chi connectivity index (χ1v) is 13.5. The third-order valence-electron chi connectivity index (χ3n) is 7.45. The Morgan fingerprint density at radius 1 is 0.744 bits per heavy atom. The molecule has 1 unspecified atom stereocenters. The van der Waals surface area contributed by atoms with Gasteiger partial charge in [-0.3, -0.25) is 14.8 Å². The lowest BCUT2D eigenvalue weighted by Gasteiger charge is -2.37. The number of fused-ring (bicyclic) bond motifs is 1. The summed E-state index contributed by atoms with van der Waals surface area (Å²) in [7, 11) is 3.39. The highest BCUT2D eigenvalue weighted by Gasteiger charge is 2.24. The summed E-state index contributed by atoms with van der Waals surface area (Å²) in [6.45, 7) is 5.49. The fourth-order valence-corrected chi connectivity index (χ4v) is 5.23. The molecular formula is C32H37N3O4. The molecule has 1 aliphatic rings. The number of hydrogen-bond donors (Lipinski definition) is 1. The molecule has 0 aliphatic carbocycles. The van der Waals surface area contributed by atoms with Crippen LogP contribution in [0.25, 0.3) is 10.9 Å². The van der Waals surface area contributed by atoms with Gasteiger partial charge < -0.3 is 19.3 Å². The van der Waals surface area contributed by atoms with Crippen molar-refractivity contribution in [1.82, 2.24) is 14.8 Å². The van der Waals surface area contributed by atoms with Gasteiger partial charge in [0, 0.05) is 56.8 Å². The summed E-state index contributed by atoms with van der Waals surface area (Å²) in [6.07, 6.45) is 1.21. The SMILES string of the molecule is COc1ccc(C(CN2CCN(CC(O)COc3cccc4ncccc34)CC2)c2ccc(OC)cc2)cc1. The zero-order valence-corrected chi connectivity index (χ0v) is 22.7. The Hall–Kier alpha value is -3.65. The molecule has 1 atom stereocenters. The molecular weight excluding hydrogens is 490 g/mol. The minimum atomic E-state index is -0.560. The van der Waals surface area contributed by atoms with Crippen LogP contribution in [0.15, 0.2) is 85.1 Å². The highest BCUT2D eigenvalue weighted by Crippen LogP contribution is 2.29. The van der Waals surface area contributed by atoms with E-state index in [0.29, 0.717) is 6.54 Å². The first-order chi connectivity index (χ1) is 19.1. The van der Waals surface area contributed by atoms with Crippen molar-refractivity contribution in [3.05, 3.63) is 96.2 Å². The number of nitrogens with zero attached hydrogens (tertiary/aromatic N) is 3. The van der Waals surface area contributed by atoms with Gasteiger partial charge in [0.2, 0.25) is 0 Å². The molecule has 0 saturated carbocycles. The van der Waals surface area contributed by atoms with E-state index in [-0.39, 0.29) is 12.5 Å². The quantitative estimate of drug-likeness (QED) is 0.309. The molecule has 1 N–H and O–H groups in total. The van der Waals surface area contributed by atoms with Gasteiger partial charge in [-0.25, -0.2) is 0 Å². The maximum absolute atomic E-state index is 10.7. The van der Waals surface area contributed by atoms with Crippen molar-refractivity contribution in [3.8, 4) is 17.2 Å². The average molecular weight is 528 g/mol. The molecule has 204 valence electrons. The highest BCUT2D eigenvalue weighted by atomic mass is 16.5. The molecule has 3 aromatic carbocycles. The molecule has 39 heavy (non-hydrogen) atoms. The maximum Gasteiger partial charge on any atom is 0.128 e. The third kappa shape index (κ3) is 6.87. The maximum atomic E-state index is 10.7. The Bertz CT molecular complexity index is 1270. The summed E-state index contributed by atoms with van der Waals surface area (Å²) in [4.78, 5) is 9.22. The smallest absolute Gasteiger partial charge is 0.128 e. The van der Waals surface area contributed by atoms with Crippen molar-refractivity contribution in [2.24, 2.45) is 0 Å². The standard InChI is InChI=1S/C32H37N3O4/c1-37-27-12-8-24(9-13-27)30(25-10-14-28(38-2)15-11-25)22-35-19-17-34(18-20-35)21-26(36)23-39-32-7-3-6-31-29(32)5-4-16-33-31/h3-16,26,30,36H,17-23H2,1-2H3. The highest BCUT2D eigenvalue weighted by molar-refractivity contribution is 5.84. The van der Waals surface area contributed by atoms with Gasteiger partial charge in [-0.15, -0.1) is 0 Å². The molecule has 1 fully saturated rings. The Balaban J connectivity index is 1.16. The summed E-state index contributed by atoms with van der Waals surface area (Å²) < 4.78 is 16.7. The van der Waals surface area contributed by atoms with E-state index in [4.69, 9.17) is 14.2 Å². The predicted molar refractivity (Wildman–Crippen MR) is 154 cm³/mol. The number of ether oxygens (including phenoxy) is 3. The minimum absolute atomic E-state index is 0.238. The zero-order chi connectivity index (χ0) is 27.0. The third-order valence-corrected chi connectivity index (χ3v) is 7.45. The Morgan fingerprint density at radius 2 is 1.33 bits per heavy atom. The van der Waals surface area contributed by atoms with Gasteiger partial charge >= 0.3 is 0 Å². The number of aromatic nitrogens is 1. The van der Waals surface area contributed by atoms with E-state index in [1.807, 2.05) is 54.6 Å². The van der Waals surface area contributed by atoms with E-state index >= 15 is 0 Å². The topological polar surface area (TPSA) is 67.3 Å². The first kappa shape index (κ1) is 26.9. The van der Waals surface area contributed by atoms with Gasteiger partial charge in [-0.1, -0.05) is 30.3 Å². The second kappa shape index (κ2) is 12.9. The monoisotopic (exact) mass is 527 g/mol. The molecule has 1 saturated heterocycles. The summed E-state index contributed by atoms with van der Waals surface area (Å²) >= 11 is 0. The van der Waals surface area contributed by atoms with E-state index in [2.05, 4.69) is 39.0 Å². The first-order valence-electron chi connectivity index (χ1n) is 13.5. The summed E-state index contributed by atoms with van der Waals surface area (Å²) in [5.41, 5.74) is 3.42. The molecule has 0 amide bonds. The number of methoxy groups -OCH3 is 2. The Kier molecular flexibility index (Phi) is 8.93. The molecule has 4 aromatic rings. The lowest BCUT2D eigenvalue weighted by Crippen LogP contribution is -2.50. The lowest BCUT2D eigenvalue weighted by atomic mass is 9.90. The zero-order valence-electron chi connectivity index (χ0n) is 22.7. The van der Waals surface area contributed by atoms with E-state index in [9.17, 15) is 5.11 Å². The summed E-state index contributed by atoms with van der Waals surface area (Å²) in [5.74, 6) is 2.72. The number of aliphatic hydroxyl groups excluding tert-OH is 1. The fourth-order valence-electron chi connectivity index (χ4n) is 5.23. The Labute approximate surface area is 230 Å². The molecule has 2 heterocycles. The van der Waals surface area contributed by atoms with Gasteiger partial charge in [0.15, 0.2) is 0 Å². The minimum Gasteiger partial charge on any atom is -0.497 e. The molecule has 1 aromatic heterocycles. The van der Waals surface area contributed by atoms with E-state index in [1.165, 1.54) is 11.1 Å². The molecule has 7 heteroatoms. The van der Waals surface area contributed by atoms with Crippen molar-refractivity contribution in [2.45, 2.75) is 12.0 Å². The summed E-state index contributed by atoms with van der Waals surface area (Å²) in [6, 6.07) is 26.5. The van der Waals surface area contributed by atoms with Crippen molar-refractivity contribution in [1.29, 1.82) is 0 Å². The van der Waals surface area contributed by atoms with E-state index in [1.54, 1.807) is 20.4 Å². The molecule has 0 bridgehead atoms. The van der Waals surface area contributed by atoms with Gasteiger partial charge in [0.05, 0.1) is 19.7 Å². The number of aliphatic hydroxyl groups is 1. The van der Waals surface area contributed by atoms with Crippen molar-refractivity contribution < 1.29 is 19.3 Å². The van der Waals surface area contributed by atoms with Gasteiger partial charge in [0.25, 0.3) is 0 Å². The number of hydrogen-bond acceptors (Lipinski definition) is 7. The summed E-state index contributed by atoms with van der Waals surface area (Å²) in [5, 5.41) is 11.7. The van der Waals surface area contributed by atoms with E-state index in [0.717, 1.165) is 60.9 Å². The van der Waals surface area contributed by atoms with Crippen LogP contribution in [0.4, 0.5) is 0 Å². The average Bonchev–Trinajstić information content (AvgIpc) is 3.00. The number of β-amino-alcohol motifs (C(OH)–C–C–N with tert-alkyl or cyclic N) is 1. The lowest BCUT2D eigenvalue weighted by molar-refractivity contribution is 0.0459. The molecule has 0 spiro atoms. The van der Waals surface area contributed by atoms with Gasteiger partial charge in [-0.2, -0.15) is 0 Å². The van der Waals surface area contributed by atoms with Crippen molar-refractivity contribution in [3.63, 3.8) is 0 Å². The predicted octanol–water partition coefficient (Wildman–Crippen LogP) is 4.44. The van der Waals surface area contributed by atoms with Gasteiger partial charge in [-0.05, 0) is 59.7 Å². The second-order valence-corrected chi connectivity index (χ2v) is 9.99. The number of piperazine rings is 1. The molecule has 5 rings (SSSR count). The van der Waals surface area contributed by atoms with E-state index < -0.39 is 6.10 Å². The fraction of sp³-hybridized carbons (Fsp3) is 0.344. The van der Waals surface area contributed by atoms with Gasteiger partial charge in [0.1, 0.15) is 30.0 Å². The second-order valence-electron chi connectivity index (χ2n) is 9.99. The van der Waals surface area contributed by atoms with Crippen LogP contribution in [0, 0.1) is 0 Å². The van der Waals surface area contributed by atoms with Crippen LogP contribution in [0.3, 0.4) is 0 Å². The van der Waals surface area contributed by atoms with Crippen LogP contribution in [0.1, 0.15) is 17.0 Å². The van der Waals surface area contributed by atoms with Crippen LogP contribution in [-0.4, -0.2) is 86.1 Å². The normalized spacial score (nSPS) is 15.4. The molecule has 7 nitrogen and oxygen atoms in total. The molecule has 0 radical (unpaired) electrons. The van der Waals surface area contributed by atoms with Crippen LogP contribution >= 0.6 is 0 Å². The van der Waals surface area contributed by atoms with Crippen molar-refractivity contribution >= 4 is 10.9 Å². The van der Waals surface area contributed by atoms with Crippen molar-refractivity contribution in [2.75, 3.05) is 60.1 Å². The number of benzene rings is 3. The van der Waals surface area contributed by atoms with Crippen LogP contribution in [0.2, 0.25) is 0 Å². The largest absolute Gasteiger partial charge is 0.497 e. The van der Waals surface area contributed by atoms with Crippen LogP contribution in [-0.2, 0) is 0 Å². The van der Waals surface area contributed by atoms with Crippen LogP contribution < -0.4 is 14.2 Å². The number of pyridine rings is 1. The molecule has 1 aliphatic heterocycles. The van der Waals surface area contributed by atoms with Crippen LogP contribution in [0.5, 0.6) is 17.2 Å².